The van der Waals surface area contributed by atoms with E-state index in [1.165, 1.54) is 13.2 Å². The van der Waals surface area contributed by atoms with E-state index in [0.29, 0.717) is 12.2 Å². The molecule has 0 bridgehead atoms. The summed E-state index contributed by atoms with van der Waals surface area (Å²) in [5, 5.41) is 7.79. The fourth-order valence-electron chi connectivity index (χ4n) is 1.65. The summed E-state index contributed by atoms with van der Waals surface area (Å²) in [7, 11) is -2.30. The molecular formula is C12H18N2O4S. The van der Waals surface area contributed by atoms with Crippen LogP contribution in [0.4, 0.5) is 0 Å². The van der Waals surface area contributed by atoms with Gasteiger partial charge in [-0.05, 0) is 31.5 Å². The van der Waals surface area contributed by atoms with E-state index in [-0.39, 0.29) is 22.4 Å². The van der Waals surface area contributed by atoms with Gasteiger partial charge in [-0.3, -0.25) is 4.79 Å². The summed E-state index contributed by atoms with van der Waals surface area (Å²) in [6.07, 6.45) is 0. The van der Waals surface area contributed by atoms with Crippen LogP contribution in [0.3, 0.4) is 0 Å². The second-order valence-electron chi connectivity index (χ2n) is 4.36. The first-order valence-corrected chi connectivity index (χ1v) is 7.23. The van der Waals surface area contributed by atoms with Crippen LogP contribution in [-0.2, 0) is 14.8 Å². The average molecular weight is 286 g/mol. The van der Waals surface area contributed by atoms with Gasteiger partial charge in [0.05, 0.1) is 11.5 Å². The first-order valence-electron chi connectivity index (χ1n) is 5.69. The summed E-state index contributed by atoms with van der Waals surface area (Å²) in [4.78, 5) is 11.9. The van der Waals surface area contributed by atoms with E-state index in [4.69, 9.17) is 9.88 Å². The van der Waals surface area contributed by atoms with Gasteiger partial charge in [0.15, 0.2) is 0 Å². The summed E-state index contributed by atoms with van der Waals surface area (Å²) in [5.41, 5.74) is 0.751. The van der Waals surface area contributed by atoms with Crippen molar-refractivity contribution in [1.29, 1.82) is 0 Å². The Balaban J connectivity index is 3.00. The van der Waals surface area contributed by atoms with Crippen molar-refractivity contribution < 1.29 is 17.9 Å². The van der Waals surface area contributed by atoms with Crippen LogP contribution in [-0.4, -0.2) is 34.1 Å². The Morgan fingerprint density at radius 3 is 2.63 bits per heavy atom. The van der Waals surface area contributed by atoms with Crippen LogP contribution in [0.5, 0.6) is 0 Å². The molecule has 6 nitrogen and oxygen atoms in total. The van der Waals surface area contributed by atoms with Crippen LogP contribution in [0.1, 0.15) is 22.8 Å². The summed E-state index contributed by atoms with van der Waals surface area (Å²) in [5.74, 6) is -0.366. The lowest BCUT2D eigenvalue weighted by atomic mass is 10.1. The molecule has 0 radical (unpaired) electrons. The Kier molecular flexibility index (Phi) is 5.04. The molecule has 0 aromatic heterocycles. The Bertz CT molecular complexity index is 569. The molecule has 1 aromatic rings. The number of benzene rings is 1. The quantitative estimate of drug-likeness (QED) is 0.819. The molecule has 0 aliphatic rings. The van der Waals surface area contributed by atoms with Gasteiger partial charge >= 0.3 is 0 Å². The van der Waals surface area contributed by atoms with Crippen molar-refractivity contribution in [2.45, 2.75) is 24.8 Å². The Labute approximate surface area is 113 Å². The normalized spacial score (nSPS) is 13.1. The SMILES string of the molecule is COCC(C)NC(=O)c1ccc(C)c(S(N)(=O)=O)c1. The summed E-state index contributed by atoms with van der Waals surface area (Å²) in [6, 6.07) is 4.21. The van der Waals surface area contributed by atoms with Gasteiger partial charge in [0.25, 0.3) is 5.91 Å². The largest absolute Gasteiger partial charge is 0.383 e. The van der Waals surface area contributed by atoms with Crippen molar-refractivity contribution >= 4 is 15.9 Å². The first kappa shape index (κ1) is 15.6. The van der Waals surface area contributed by atoms with Crippen molar-refractivity contribution in [3.8, 4) is 0 Å². The maximum atomic E-state index is 11.9. The third-order valence-electron chi connectivity index (χ3n) is 2.55. The van der Waals surface area contributed by atoms with Crippen LogP contribution in [0.15, 0.2) is 23.1 Å². The molecule has 0 fully saturated rings. The molecule has 7 heteroatoms. The Hall–Kier alpha value is -1.44. The maximum absolute atomic E-state index is 11.9. The lowest BCUT2D eigenvalue weighted by Gasteiger charge is -2.13. The number of ether oxygens (including phenoxy) is 1. The lowest BCUT2D eigenvalue weighted by Crippen LogP contribution is -2.35. The molecule has 1 rings (SSSR count). The topological polar surface area (TPSA) is 98.5 Å². The second-order valence-corrected chi connectivity index (χ2v) is 5.88. The van der Waals surface area contributed by atoms with Gasteiger partial charge in [-0.1, -0.05) is 6.07 Å². The van der Waals surface area contributed by atoms with Crippen molar-refractivity contribution in [2.24, 2.45) is 5.14 Å². The molecule has 106 valence electrons. The lowest BCUT2D eigenvalue weighted by molar-refractivity contribution is 0.0905. The van der Waals surface area contributed by atoms with Gasteiger partial charge in [-0.2, -0.15) is 0 Å². The van der Waals surface area contributed by atoms with Gasteiger partial charge in [-0.15, -0.1) is 0 Å². The third kappa shape index (κ3) is 4.30. The molecule has 0 heterocycles. The fourth-order valence-corrected chi connectivity index (χ4v) is 2.45. The number of methoxy groups -OCH3 is 1. The van der Waals surface area contributed by atoms with Gasteiger partial charge < -0.3 is 10.1 Å². The van der Waals surface area contributed by atoms with E-state index in [0.717, 1.165) is 0 Å². The molecule has 1 amide bonds. The second kappa shape index (κ2) is 6.14. The molecule has 0 aliphatic carbocycles. The van der Waals surface area contributed by atoms with Crippen LogP contribution >= 0.6 is 0 Å². The number of carbonyl (C=O) groups excluding carboxylic acids is 1. The fraction of sp³-hybridized carbons (Fsp3) is 0.417. The van der Waals surface area contributed by atoms with Gasteiger partial charge in [0.2, 0.25) is 10.0 Å². The minimum atomic E-state index is -3.83. The zero-order valence-electron chi connectivity index (χ0n) is 11.1. The zero-order valence-corrected chi connectivity index (χ0v) is 12.0. The van der Waals surface area contributed by atoms with Crippen LogP contribution in [0.25, 0.3) is 0 Å². The predicted molar refractivity (Wildman–Crippen MR) is 71.4 cm³/mol. The monoisotopic (exact) mass is 286 g/mol. The molecule has 0 saturated carbocycles. The highest BCUT2D eigenvalue weighted by atomic mass is 32.2. The summed E-state index contributed by atoms with van der Waals surface area (Å²) in [6.45, 7) is 3.78. The van der Waals surface area contributed by atoms with E-state index >= 15 is 0 Å². The third-order valence-corrected chi connectivity index (χ3v) is 3.60. The number of aryl methyl sites for hydroxylation is 1. The average Bonchev–Trinajstić information content (AvgIpc) is 2.27. The smallest absolute Gasteiger partial charge is 0.251 e. The van der Waals surface area contributed by atoms with E-state index in [1.807, 2.05) is 0 Å². The minimum absolute atomic E-state index is 0.0421. The van der Waals surface area contributed by atoms with Gasteiger partial charge in [0.1, 0.15) is 0 Å². The highest BCUT2D eigenvalue weighted by Gasteiger charge is 2.16. The highest BCUT2D eigenvalue weighted by molar-refractivity contribution is 7.89. The van der Waals surface area contributed by atoms with Gasteiger partial charge in [0, 0.05) is 18.7 Å². The number of amides is 1. The first-order chi connectivity index (χ1) is 8.75. The molecule has 0 aliphatic heterocycles. The number of carbonyl (C=O) groups is 1. The molecular weight excluding hydrogens is 268 g/mol. The van der Waals surface area contributed by atoms with Crippen molar-refractivity contribution in [3.63, 3.8) is 0 Å². The number of sulfonamides is 1. The predicted octanol–water partition coefficient (Wildman–Crippen LogP) is 0.407. The number of primary sulfonamides is 1. The molecule has 0 saturated heterocycles. The maximum Gasteiger partial charge on any atom is 0.251 e. The summed E-state index contributed by atoms with van der Waals surface area (Å²) >= 11 is 0. The minimum Gasteiger partial charge on any atom is -0.383 e. The van der Waals surface area contributed by atoms with Gasteiger partial charge in [-0.25, -0.2) is 13.6 Å². The highest BCUT2D eigenvalue weighted by Crippen LogP contribution is 2.15. The van der Waals surface area contributed by atoms with Crippen molar-refractivity contribution in [2.75, 3.05) is 13.7 Å². The number of rotatable bonds is 5. The van der Waals surface area contributed by atoms with Crippen LogP contribution < -0.4 is 10.5 Å². The van der Waals surface area contributed by atoms with E-state index in [9.17, 15) is 13.2 Å². The van der Waals surface area contributed by atoms with Crippen molar-refractivity contribution in [3.05, 3.63) is 29.3 Å². The van der Waals surface area contributed by atoms with Crippen molar-refractivity contribution in [1.82, 2.24) is 5.32 Å². The number of hydrogen-bond acceptors (Lipinski definition) is 4. The summed E-state index contributed by atoms with van der Waals surface area (Å²) < 4.78 is 27.7. The molecule has 0 spiro atoms. The zero-order chi connectivity index (χ0) is 14.6. The van der Waals surface area contributed by atoms with E-state index in [2.05, 4.69) is 5.32 Å². The number of nitrogens with one attached hydrogen (secondary N) is 1. The Morgan fingerprint density at radius 1 is 1.47 bits per heavy atom. The van der Waals surface area contributed by atoms with E-state index in [1.54, 1.807) is 26.0 Å². The Morgan fingerprint density at radius 2 is 2.11 bits per heavy atom. The molecule has 1 aromatic carbocycles. The standard InChI is InChI=1S/C12H18N2O4S/c1-8-4-5-10(6-11(8)19(13,16)17)12(15)14-9(2)7-18-3/h4-6,9H,7H2,1-3H3,(H,14,15)(H2,13,16,17). The molecule has 3 N–H and O–H groups in total. The van der Waals surface area contributed by atoms with Crippen LogP contribution in [0, 0.1) is 6.92 Å². The number of nitrogens with two attached hydrogens (primary N) is 1. The van der Waals surface area contributed by atoms with E-state index < -0.39 is 10.0 Å². The van der Waals surface area contributed by atoms with Crippen LogP contribution in [0.2, 0.25) is 0 Å². The number of hydrogen-bond donors (Lipinski definition) is 2. The molecule has 1 atom stereocenters. The molecule has 19 heavy (non-hydrogen) atoms. The molecule has 1 unspecified atom stereocenters.